The Morgan fingerprint density at radius 3 is 2.50 bits per heavy atom. The fourth-order valence-corrected chi connectivity index (χ4v) is 6.99. The van der Waals surface area contributed by atoms with E-state index in [4.69, 9.17) is 15.1 Å². The van der Waals surface area contributed by atoms with Gasteiger partial charge < -0.3 is 20.6 Å². The number of nitrogens with one attached hydrogen (secondary N) is 1. The van der Waals surface area contributed by atoms with E-state index in [1.54, 1.807) is 19.1 Å². The van der Waals surface area contributed by atoms with E-state index < -0.39 is 17.8 Å². The van der Waals surface area contributed by atoms with E-state index >= 15 is 0 Å². The number of hydrogen-bond donors (Lipinski definition) is 3. The second-order valence-corrected chi connectivity index (χ2v) is 13.0. The number of primary amides is 1. The zero-order valence-electron chi connectivity index (χ0n) is 25.7. The zero-order valence-corrected chi connectivity index (χ0v) is 26.5. The molecule has 0 bridgehead atoms. The highest BCUT2D eigenvalue weighted by Crippen LogP contribution is 2.42. The summed E-state index contributed by atoms with van der Waals surface area (Å²) in [5.41, 5.74) is 10.7. The molecule has 1 aliphatic carbocycles. The van der Waals surface area contributed by atoms with E-state index in [9.17, 15) is 19.1 Å². The van der Waals surface area contributed by atoms with E-state index in [2.05, 4.69) is 21.6 Å². The van der Waals surface area contributed by atoms with Crippen LogP contribution in [0.1, 0.15) is 86.4 Å². The van der Waals surface area contributed by atoms with Gasteiger partial charge in [-0.15, -0.1) is 21.5 Å². The zero-order chi connectivity index (χ0) is 32.5. The number of rotatable bonds is 10. The van der Waals surface area contributed by atoms with Gasteiger partial charge >= 0.3 is 0 Å². The lowest BCUT2D eigenvalue weighted by atomic mass is 9.90. The molecule has 0 saturated heterocycles. The second-order valence-electron chi connectivity index (χ2n) is 11.9. The van der Waals surface area contributed by atoms with Crippen molar-refractivity contribution in [2.24, 2.45) is 11.7 Å². The Kier molecular flexibility index (Phi) is 8.79. The highest BCUT2D eigenvalue weighted by atomic mass is 32.1. The lowest BCUT2D eigenvalue weighted by Crippen LogP contribution is -2.26. The molecule has 6 rings (SSSR count). The first-order valence-electron chi connectivity index (χ1n) is 15.2. The van der Waals surface area contributed by atoms with Crippen molar-refractivity contribution >= 4 is 23.2 Å². The molecule has 0 spiro atoms. The molecule has 0 aliphatic heterocycles. The van der Waals surface area contributed by atoms with Gasteiger partial charge in [0.2, 0.25) is 11.8 Å². The number of aryl methyl sites for hydroxylation is 2. The lowest BCUT2D eigenvalue weighted by Gasteiger charge is -2.20. The number of fused-ring (bicyclic) bond motifs is 1. The van der Waals surface area contributed by atoms with Crippen LogP contribution in [0, 0.1) is 18.7 Å². The van der Waals surface area contributed by atoms with Crippen molar-refractivity contribution in [2.45, 2.75) is 58.6 Å². The fraction of sp³-hybridized carbons (Fsp3) is 0.286. The largest absolute Gasteiger partial charge is 0.421 e. The van der Waals surface area contributed by atoms with Gasteiger partial charge in [-0.05, 0) is 66.1 Å². The van der Waals surface area contributed by atoms with Crippen molar-refractivity contribution in [1.29, 1.82) is 0 Å². The van der Waals surface area contributed by atoms with Gasteiger partial charge in [0.25, 0.3) is 11.8 Å². The van der Waals surface area contributed by atoms with Gasteiger partial charge in [-0.2, -0.15) is 0 Å². The first kappa shape index (κ1) is 31.3. The summed E-state index contributed by atoms with van der Waals surface area (Å²) in [6.07, 6.45) is 1.08. The molecule has 4 N–H and O–H groups in total. The number of aliphatic hydroxyl groups is 1. The summed E-state index contributed by atoms with van der Waals surface area (Å²) >= 11 is 1.22. The number of halogens is 1. The average molecular weight is 640 g/mol. The van der Waals surface area contributed by atoms with Crippen molar-refractivity contribution in [3.8, 4) is 21.9 Å². The van der Waals surface area contributed by atoms with Gasteiger partial charge in [0, 0.05) is 23.8 Å². The number of aliphatic hydroxyl groups excluding tert-OH is 1. The molecule has 3 aromatic heterocycles. The number of carbonyl (C=O) groups excluding carboxylic acids is 2. The minimum Gasteiger partial charge on any atom is -0.421 e. The second kappa shape index (κ2) is 12.9. The van der Waals surface area contributed by atoms with Crippen LogP contribution in [-0.4, -0.2) is 32.1 Å². The molecule has 2 amide bonds. The molecule has 0 unspecified atom stereocenters. The van der Waals surface area contributed by atoms with Crippen LogP contribution in [0.5, 0.6) is 0 Å². The standard InChI is InChI=1S/C35H34FN5O4S/c1-18(2)16-25-30(33(37)43)32(28-14-15-29(46-28)34(44)39-24-13-10-20-6-4-5-7-23(20)24)31(35-41-40-19(3)45-35)26(38-25)17-27(42)21-8-11-22(36)12-9-21/h4-9,11-12,14-15,18,24,27,42H,10,13,16-17H2,1-3H3,(H2,37,43)(H,39,44)/t24-,27-/m1/s1. The number of hydrogen-bond acceptors (Lipinski definition) is 8. The van der Waals surface area contributed by atoms with E-state index in [1.165, 1.54) is 41.2 Å². The molecular formula is C35H34FN5O4S. The Bertz CT molecular complexity index is 1920. The van der Waals surface area contributed by atoms with Crippen LogP contribution < -0.4 is 11.1 Å². The van der Waals surface area contributed by atoms with Crippen LogP contribution in [0.2, 0.25) is 0 Å². The monoisotopic (exact) mass is 639 g/mol. The average Bonchev–Trinajstić information content (AvgIpc) is 3.77. The Balaban J connectivity index is 1.48. The number of thiophene rings is 1. The summed E-state index contributed by atoms with van der Waals surface area (Å²) in [7, 11) is 0. The Morgan fingerprint density at radius 1 is 1.04 bits per heavy atom. The molecule has 9 nitrogen and oxygen atoms in total. The maximum atomic E-state index is 13.6. The van der Waals surface area contributed by atoms with E-state index in [1.807, 2.05) is 32.0 Å². The van der Waals surface area contributed by atoms with Gasteiger partial charge in [-0.25, -0.2) is 4.39 Å². The third kappa shape index (κ3) is 6.33. The molecule has 236 valence electrons. The third-order valence-corrected chi connectivity index (χ3v) is 9.19. The van der Waals surface area contributed by atoms with Crippen molar-refractivity contribution in [3.05, 3.63) is 111 Å². The maximum Gasteiger partial charge on any atom is 0.261 e. The summed E-state index contributed by atoms with van der Waals surface area (Å²) < 4.78 is 19.5. The van der Waals surface area contributed by atoms with E-state index in [-0.39, 0.29) is 35.7 Å². The van der Waals surface area contributed by atoms with Crippen LogP contribution in [0.3, 0.4) is 0 Å². The number of aromatic nitrogens is 3. The molecule has 0 fully saturated rings. The van der Waals surface area contributed by atoms with Gasteiger partial charge in [-0.3, -0.25) is 14.6 Å². The highest BCUT2D eigenvalue weighted by molar-refractivity contribution is 7.17. The van der Waals surface area contributed by atoms with Crippen molar-refractivity contribution in [3.63, 3.8) is 0 Å². The van der Waals surface area contributed by atoms with Gasteiger partial charge in [0.1, 0.15) is 5.82 Å². The van der Waals surface area contributed by atoms with Gasteiger partial charge in [0.15, 0.2) is 0 Å². The fourth-order valence-electron chi connectivity index (χ4n) is 6.03. The van der Waals surface area contributed by atoms with Crippen LogP contribution in [-0.2, 0) is 19.3 Å². The summed E-state index contributed by atoms with van der Waals surface area (Å²) in [5.74, 6) is -0.829. The Labute approximate surface area is 269 Å². The summed E-state index contributed by atoms with van der Waals surface area (Å²) in [4.78, 5) is 32.7. The number of amides is 2. The predicted molar refractivity (Wildman–Crippen MR) is 173 cm³/mol. The summed E-state index contributed by atoms with van der Waals surface area (Å²) in [6.45, 7) is 5.65. The first-order valence-corrected chi connectivity index (χ1v) is 16.0. The van der Waals surface area contributed by atoms with Crippen LogP contribution in [0.25, 0.3) is 21.9 Å². The Hall–Kier alpha value is -4.74. The van der Waals surface area contributed by atoms with Gasteiger partial charge in [0.05, 0.1) is 39.5 Å². The first-order chi connectivity index (χ1) is 22.1. The molecule has 2 atom stereocenters. The molecule has 46 heavy (non-hydrogen) atoms. The highest BCUT2D eigenvalue weighted by Gasteiger charge is 2.31. The van der Waals surface area contributed by atoms with Crippen molar-refractivity contribution in [2.75, 3.05) is 0 Å². The minimum atomic E-state index is -1.06. The molecule has 3 heterocycles. The maximum absolute atomic E-state index is 13.6. The van der Waals surface area contributed by atoms with Crippen LogP contribution >= 0.6 is 11.3 Å². The van der Waals surface area contributed by atoms with Gasteiger partial charge in [-0.1, -0.05) is 50.2 Å². The molecule has 2 aromatic carbocycles. The minimum absolute atomic E-state index is 0.000657. The predicted octanol–water partition coefficient (Wildman–Crippen LogP) is 6.30. The smallest absolute Gasteiger partial charge is 0.261 e. The summed E-state index contributed by atoms with van der Waals surface area (Å²) in [5, 5.41) is 22.7. The molecule has 1 aliphatic rings. The van der Waals surface area contributed by atoms with E-state index in [0.717, 1.165) is 18.4 Å². The molecular weight excluding hydrogens is 605 g/mol. The number of pyridine rings is 1. The third-order valence-electron chi connectivity index (χ3n) is 8.09. The molecule has 0 saturated carbocycles. The topological polar surface area (TPSA) is 144 Å². The number of benzene rings is 2. The molecule has 0 radical (unpaired) electrons. The SMILES string of the molecule is Cc1nnc(-c2c(C[C@@H](O)c3ccc(F)cc3)nc(CC(C)C)c(C(N)=O)c2-c2ccc(C(=O)N[C@@H]3CCc4ccccc43)s2)o1. The van der Waals surface area contributed by atoms with Crippen molar-refractivity contribution in [1.82, 2.24) is 20.5 Å². The lowest BCUT2D eigenvalue weighted by molar-refractivity contribution is 0.0939. The number of carbonyl (C=O) groups is 2. The number of nitrogens with zero attached hydrogens (tertiary/aromatic N) is 3. The van der Waals surface area contributed by atoms with Crippen LogP contribution in [0.4, 0.5) is 4.39 Å². The van der Waals surface area contributed by atoms with E-state index in [0.29, 0.717) is 50.1 Å². The molecule has 11 heteroatoms. The molecule has 5 aromatic rings. The summed E-state index contributed by atoms with van der Waals surface area (Å²) in [6, 6.07) is 17.1. The quantitative estimate of drug-likeness (QED) is 0.163. The normalized spacial score (nSPS) is 14.8. The van der Waals surface area contributed by atoms with Crippen molar-refractivity contribution < 1.29 is 23.5 Å². The van der Waals surface area contributed by atoms with Crippen LogP contribution in [0.15, 0.2) is 65.1 Å². The number of nitrogens with two attached hydrogens (primary N) is 1. The Morgan fingerprint density at radius 2 is 1.80 bits per heavy atom.